The van der Waals surface area contributed by atoms with Gasteiger partial charge in [0.25, 0.3) is 0 Å². The van der Waals surface area contributed by atoms with Gasteiger partial charge < -0.3 is 20.7 Å². The van der Waals surface area contributed by atoms with Crippen LogP contribution in [0, 0.1) is 11.3 Å². The predicted octanol–water partition coefficient (Wildman–Crippen LogP) is 4.19. The summed E-state index contributed by atoms with van der Waals surface area (Å²) in [6.45, 7) is 1.66. The van der Waals surface area contributed by atoms with E-state index in [9.17, 15) is 10.1 Å². The lowest BCUT2D eigenvalue weighted by Gasteiger charge is -2.37. The van der Waals surface area contributed by atoms with E-state index in [-0.39, 0.29) is 24.2 Å². The number of carbonyl (C=O) groups is 1. The van der Waals surface area contributed by atoms with Crippen LogP contribution in [-0.4, -0.2) is 57.1 Å². The number of rotatable bonds is 8. The molecule has 6 rings (SSSR count). The molecule has 0 radical (unpaired) electrons. The number of nitriles is 1. The normalized spacial score (nSPS) is 18.7. The Kier molecular flexibility index (Phi) is 7.65. The van der Waals surface area contributed by atoms with Crippen molar-refractivity contribution in [3.63, 3.8) is 0 Å². The zero-order valence-electron chi connectivity index (χ0n) is 23.0. The van der Waals surface area contributed by atoms with Gasteiger partial charge in [0.15, 0.2) is 0 Å². The molecule has 11 heteroatoms. The first-order chi connectivity index (χ1) is 20.1. The molecule has 2 aliphatic rings. The topological polar surface area (TPSA) is 133 Å². The minimum absolute atomic E-state index is 0.0345. The van der Waals surface area contributed by atoms with E-state index in [4.69, 9.17) is 4.74 Å². The molecule has 3 heterocycles. The zero-order chi connectivity index (χ0) is 28.2. The van der Waals surface area contributed by atoms with Crippen LogP contribution in [0.1, 0.15) is 36.8 Å². The van der Waals surface area contributed by atoms with Crippen molar-refractivity contribution >= 4 is 34.4 Å². The van der Waals surface area contributed by atoms with Gasteiger partial charge in [-0.25, -0.2) is 9.78 Å². The Bertz CT molecular complexity index is 1550. The van der Waals surface area contributed by atoms with Crippen molar-refractivity contribution in [2.24, 2.45) is 7.05 Å². The van der Waals surface area contributed by atoms with Gasteiger partial charge in [0.1, 0.15) is 17.5 Å². The van der Waals surface area contributed by atoms with Crippen LogP contribution in [0.3, 0.4) is 0 Å². The Balaban J connectivity index is 1.16. The number of nitrogens with zero attached hydrogens (tertiary/aromatic N) is 6. The highest BCUT2D eigenvalue weighted by atomic mass is 16.5. The van der Waals surface area contributed by atoms with Crippen molar-refractivity contribution < 1.29 is 9.53 Å². The molecule has 210 valence electrons. The number of carbonyl (C=O) groups excluding carboxylic acids is 1. The summed E-state index contributed by atoms with van der Waals surface area (Å²) in [5.41, 5.74) is 3.30. The minimum Gasteiger partial charge on any atom is -0.377 e. The molecule has 0 bridgehead atoms. The van der Waals surface area contributed by atoms with Crippen LogP contribution in [0.4, 0.5) is 22.2 Å². The molecule has 2 aromatic heterocycles. The number of urea groups is 1. The van der Waals surface area contributed by atoms with Crippen LogP contribution in [-0.2, 0) is 18.3 Å². The quantitative estimate of drug-likeness (QED) is 0.297. The second kappa shape index (κ2) is 11.8. The van der Waals surface area contributed by atoms with Crippen molar-refractivity contribution in [3.05, 3.63) is 72.1 Å². The maximum Gasteiger partial charge on any atom is 0.322 e. The van der Waals surface area contributed by atoms with Crippen LogP contribution < -0.4 is 20.9 Å². The standard InChI is InChI=1S/C30H33N9O2/c1-38-27-13-26(10-7-21(27)17-34-38)39(30(40)33-15-20-5-3-2-4-6-20)25-11-8-23(9-12-25)36-29-32-16-22(14-31)28(37-29)35-24-18-41-19-24/h2-7,10,13,16-17,23-25H,8-9,11-12,15,18-19H2,1H3,(H,33,40)(H2,32,35,36,37). The highest BCUT2D eigenvalue weighted by Crippen LogP contribution is 2.31. The van der Waals surface area contributed by atoms with E-state index >= 15 is 0 Å². The lowest BCUT2D eigenvalue weighted by Crippen LogP contribution is -2.48. The Morgan fingerprint density at radius 3 is 2.61 bits per heavy atom. The monoisotopic (exact) mass is 551 g/mol. The second-order valence-corrected chi connectivity index (χ2v) is 10.6. The fourth-order valence-electron chi connectivity index (χ4n) is 5.45. The Morgan fingerprint density at radius 2 is 1.88 bits per heavy atom. The summed E-state index contributed by atoms with van der Waals surface area (Å²) in [5, 5.41) is 24.7. The average molecular weight is 552 g/mol. The van der Waals surface area contributed by atoms with Crippen molar-refractivity contribution in [1.29, 1.82) is 5.26 Å². The number of ether oxygens (including phenoxy) is 1. The maximum atomic E-state index is 13.7. The second-order valence-electron chi connectivity index (χ2n) is 10.6. The summed E-state index contributed by atoms with van der Waals surface area (Å²) in [4.78, 5) is 24.5. The fraction of sp³-hybridized carbons (Fsp3) is 0.367. The summed E-state index contributed by atoms with van der Waals surface area (Å²) >= 11 is 0. The summed E-state index contributed by atoms with van der Waals surface area (Å²) in [6, 6.07) is 18.4. The van der Waals surface area contributed by atoms with Gasteiger partial charge in [-0.2, -0.15) is 15.3 Å². The van der Waals surface area contributed by atoms with E-state index in [1.807, 2.05) is 71.4 Å². The van der Waals surface area contributed by atoms with Gasteiger partial charge in [0, 0.05) is 36.7 Å². The molecular weight excluding hydrogens is 518 g/mol. The fourth-order valence-corrected chi connectivity index (χ4v) is 5.45. The molecule has 3 N–H and O–H groups in total. The SMILES string of the molecule is Cn1ncc2ccc(N(C(=O)NCc3ccccc3)C3CCC(Nc4ncc(C#N)c(NC5COC5)n4)CC3)cc21. The van der Waals surface area contributed by atoms with Gasteiger partial charge in [-0.3, -0.25) is 9.58 Å². The number of hydrogen-bond donors (Lipinski definition) is 3. The number of nitrogens with one attached hydrogen (secondary N) is 3. The van der Waals surface area contributed by atoms with Crippen LogP contribution >= 0.6 is 0 Å². The lowest BCUT2D eigenvalue weighted by atomic mass is 9.90. The molecule has 1 aliphatic carbocycles. The Labute approximate surface area is 238 Å². The molecule has 1 saturated heterocycles. The first-order valence-electron chi connectivity index (χ1n) is 14.0. The summed E-state index contributed by atoms with van der Waals surface area (Å²) < 4.78 is 7.06. The first kappa shape index (κ1) is 26.5. The molecule has 0 unspecified atom stereocenters. The van der Waals surface area contributed by atoms with Gasteiger partial charge >= 0.3 is 6.03 Å². The van der Waals surface area contributed by atoms with E-state index in [0.717, 1.165) is 47.8 Å². The number of aromatic nitrogens is 4. The van der Waals surface area contributed by atoms with Crippen molar-refractivity contribution in [2.45, 2.75) is 50.4 Å². The molecule has 2 aromatic carbocycles. The number of anilines is 3. The number of benzene rings is 2. The van der Waals surface area contributed by atoms with Crippen LogP contribution in [0.5, 0.6) is 0 Å². The van der Waals surface area contributed by atoms with Crippen molar-refractivity contribution in [2.75, 3.05) is 28.7 Å². The van der Waals surface area contributed by atoms with Gasteiger partial charge in [-0.1, -0.05) is 30.3 Å². The summed E-state index contributed by atoms with van der Waals surface area (Å²) in [6.07, 6.45) is 6.73. The number of hydrogen-bond acceptors (Lipinski definition) is 8. The highest BCUT2D eigenvalue weighted by molar-refractivity contribution is 5.95. The third-order valence-electron chi connectivity index (χ3n) is 7.80. The van der Waals surface area contributed by atoms with Gasteiger partial charge in [-0.05, 0) is 49.4 Å². The molecule has 0 atom stereocenters. The summed E-state index contributed by atoms with van der Waals surface area (Å²) in [5.74, 6) is 1.02. The summed E-state index contributed by atoms with van der Waals surface area (Å²) in [7, 11) is 1.91. The molecule has 11 nitrogen and oxygen atoms in total. The van der Waals surface area contributed by atoms with E-state index in [2.05, 4.69) is 37.1 Å². The van der Waals surface area contributed by atoms with E-state index in [1.165, 1.54) is 0 Å². The number of fused-ring (bicyclic) bond motifs is 1. The van der Waals surface area contributed by atoms with Crippen molar-refractivity contribution in [3.8, 4) is 6.07 Å². The molecule has 2 amide bonds. The highest BCUT2D eigenvalue weighted by Gasteiger charge is 2.31. The zero-order valence-corrected chi connectivity index (χ0v) is 23.0. The molecular formula is C30H33N9O2. The average Bonchev–Trinajstić information content (AvgIpc) is 3.35. The lowest BCUT2D eigenvalue weighted by molar-refractivity contribution is 0.0209. The van der Waals surface area contributed by atoms with E-state index < -0.39 is 0 Å². The third-order valence-corrected chi connectivity index (χ3v) is 7.80. The van der Waals surface area contributed by atoms with E-state index in [0.29, 0.717) is 37.1 Å². The number of amides is 2. The molecule has 0 spiro atoms. The molecule has 2 fully saturated rings. The molecule has 41 heavy (non-hydrogen) atoms. The van der Waals surface area contributed by atoms with Crippen LogP contribution in [0.25, 0.3) is 10.9 Å². The van der Waals surface area contributed by atoms with Crippen LogP contribution in [0.2, 0.25) is 0 Å². The van der Waals surface area contributed by atoms with Gasteiger partial charge in [0.2, 0.25) is 5.95 Å². The predicted molar refractivity (Wildman–Crippen MR) is 157 cm³/mol. The third kappa shape index (κ3) is 5.93. The molecule has 1 saturated carbocycles. The van der Waals surface area contributed by atoms with Crippen molar-refractivity contribution in [1.82, 2.24) is 25.1 Å². The minimum atomic E-state index is -0.113. The Hall–Kier alpha value is -4.69. The smallest absolute Gasteiger partial charge is 0.322 e. The maximum absolute atomic E-state index is 13.7. The van der Waals surface area contributed by atoms with E-state index in [1.54, 1.807) is 6.20 Å². The van der Waals surface area contributed by atoms with Gasteiger partial charge in [0.05, 0.1) is 37.2 Å². The largest absolute Gasteiger partial charge is 0.377 e. The molecule has 4 aromatic rings. The Morgan fingerprint density at radius 1 is 1.07 bits per heavy atom. The first-order valence-corrected chi connectivity index (χ1v) is 14.0. The molecule has 1 aliphatic heterocycles. The van der Waals surface area contributed by atoms with Gasteiger partial charge in [-0.15, -0.1) is 0 Å². The van der Waals surface area contributed by atoms with Crippen LogP contribution in [0.15, 0.2) is 60.9 Å². The number of aryl methyl sites for hydroxylation is 1.